The van der Waals surface area contributed by atoms with E-state index < -0.39 is 5.97 Å². The zero-order valence-corrected chi connectivity index (χ0v) is 8.64. The molecule has 0 amide bonds. The second kappa shape index (κ2) is 3.28. The molecule has 0 bridgehead atoms. The van der Waals surface area contributed by atoms with Crippen molar-refractivity contribution < 1.29 is 9.90 Å². The number of carbonyl (C=O) groups is 1. The highest BCUT2D eigenvalue weighted by Gasteiger charge is 2.28. The lowest BCUT2D eigenvalue weighted by atomic mass is 10.0. The first-order valence-electron chi connectivity index (χ1n) is 4.63. The predicted molar refractivity (Wildman–Crippen MR) is 55.1 cm³/mol. The lowest BCUT2D eigenvalue weighted by Crippen LogP contribution is -2.02. The van der Waals surface area contributed by atoms with Crippen LogP contribution in [-0.2, 0) is 0 Å². The van der Waals surface area contributed by atoms with Gasteiger partial charge in [-0.2, -0.15) is 0 Å². The fraction of sp³-hybridized carbons (Fsp3) is 0.364. The fourth-order valence-electron chi connectivity index (χ4n) is 1.62. The van der Waals surface area contributed by atoms with Gasteiger partial charge in [0.15, 0.2) is 0 Å². The van der Waals surface area contributed by atoms with Crippen LogP contribution < -0.4 is 0 Å². The van der Waals surface area contributed by atoms with Crippen molar-refractivity contribution in [2.45, 2.75) is 25.7 Å². The largest absolute Gasteiger partial charge is 0.478 e. The van der Waals surface area contributed by atoms with Crippen LogP contribution >= 0.6 is 11.6 Å². The average molecular weight is 211 g/mol. The van der Waals surface area contributed by atoms with E-state index in [0.29, 0.717) is 16.5 Å². The van der Waals surface area contributed by atoms with Gasteiger partial charge in [0, 0.05) is 5.02 Å². The number of hydrogen-bond donors (Lipinski definition) is 1. The summed E-state index contributed by atoms with van der Waals surface area (Å²) in [5, 5.41) is 9.53. The van der Waals surface area contributed by atoms with Gasteiger partial charge in [-0.3, -0.25) is 0 Å². The average Bonchev–Trinajstić information content (AvgIpc) is 2.91. The number of carboxylic acid groups (broad SMARTS) is 1. The molecule has 1 saturated carbocycles. The summed E-state index contributed by atoms with van der Waals surface area (Å²) in [4.78, 5) is 11.0. The molecule has 1 N–H and O–H groups in total. The van der Waals surface area contributed by atoms with Crippen molar-refractivity contribution in [2.24, 2.45) is 0 Å². The molecule has 1 fully saturated rings. The Labute approximate surface area is 87.5 Å². The third-order valence-electron chi connectivity index (χ3n) is 2.58. The van der Waals surface area contributed by atoms with Crippen LogP contribution in [0.15, 0.2) is 12.1 Å². The first-order valence-corrected chi connectivity index (χ1v) is 5.00. The van der Waals surface area contributed by atoms with Crippen LogP contribution in [0.25, 0.3) is 0 Å². The molecule has 1 aliphatic carbocycles. The molecule has 0 heterocycles. The van der Waals surface area contributed by atoms with Gasteiger partial charge in [0.05, 0.1) is 5.56 Å². The molecule has 1 aromatic rings. The van der Waals surface area contributed by atoms with E-state index in [1.54, 1.807) is 6.07 Å². The summed E-state index contributed by atoms with van der Waals surface area (Å²) in [6.07, 6.45) is 2.20. The number of hydrogen-bond acceptors (Lipinski definition) is 1. The highest BCUT2D eigenvalue weighted by molar-refractivity contribution is 6.31. The molecule has 0 spiro atoms. The maximum atomic E-state index is 11.0. The van der Waals surface area contributed by atoms with Gasteiger partial charge in [0.25, 0.3) is 0 Å². The van der Waals surface area contributed by atoms with Crippen molar-refractivity contribution in [3.63, 3.8) is 0 Å². The van der Waals surface area contributed by atoms with E-state index in [1.165, 1.54) is 0 Å². The van der Waals surface area contributed by atoms with Gasteiger partial charge in [-0.15, -0.1) is 0 Å². The van der Waals surface area contributed by atoms with E-state index in [0.717, 1.165) is 24.0 Å². The Balaban J connectivity index is 2.54. The summed E-state index contributed by atoms with van der Waals surface area (Å²) in [7, 11) is 0. The quantitative estimate of drug-likeness (QED) is 0.814. The van der Waals surface area contributed by atoms with Gasteiger partial charge >= 0.3 is 5.97 Å². The van der Waals surface area contributed by atoms with E-state index in [1.807, 2.05) is 13.0 Å². The minimum Gasteiger partial charge on any atom is -0.478 e. The molecule has 1 aromatic carbocycles. The van der Waals surface area contributed by atoms with E-state index >= 15 is 0 Å². The molecule has 0 radical (unpaired) electrons. The summed E-state index contributed by atoms with van der Waals surface area (Å²) >= 11 is 5.89. The zero-order valence-electron chi connectivity index (χ0n) is 7.88. The van der Waals surface area contributed by atoms with Crippen LogP contribution in [0.2, 0.25) is 5.02 Å². The van der Waals surface area contributed by atoms with E-state index in [-0.39, 0.29) is 0 Å². The molecular formula is C11H11ClO2. The molecule has 0 atom stereocenters. The topological polar surface area (TPSA) is 37.3 Å². The van der Waals surface area contributed by atoms with Gasteiger partial charge < -0.3 is 5.11 Å². The Bertz CT molecular complexity index is 395. The van der Waals surface area contributed by atoms with Crippen LogP contribution in [0.4, 0.5) is 0 Å². The first kappa shape index (κ1) is 9.53. The summed E-state index contributed by atoms with van der Waals surface area (Å²) in [5.74, 6) is -0.439. The maximum Gasteiger partial charge on any atom is 0.336 e. The molecule has 0 unspecified atom stereocenters. The van der Waals surface area contributed by atoms with E-state index in [4.69, 9.17) is 16.7 Å². The lowest BCUT2D eigenvalue weighted by molar-refractivity contribution is 0.0695. The molecule has 2 rings (SSSR count). The minimum atomic E-state index is -0.881. The second-order valence-electron chi connectivity index (χ2n) is 3.77. The monoisotopic (exact) mass is 210 g/mol. The second-order valence-corrected chi connectivity index (χ2v) is 4.18. The molecular weight excluding hydrogens is 200 g/mol. The van der Waals surface area contributed by atoms with Crippen LogP contribution in [0.5, 0.6) is 0 Å². The van der Waals surface area contributed by atoms with Gasteiger partial charge in [-0.25, -0.2) is 4.79 Å². The third kappa shape index (κ3) is 1.62. The number of aryl methyl sites for hydroxylation is 1. The van der Waals surface area contributed by atoms with Crippen LogP contribution in [0.1, 0.15) is 40.2 Å². The Morgan fingerprint density at radius 3 is 2.64 bits per heavy atom. The summed E-state index contributed by atoms with van der Waals surface area (Å²) in [6, 6.07) is 3.47. The van der Waals surface area contributed by atoms with Gasteiger partial charge in [0.2, 0.25) is 0 Å². The molecule has 0 aliphatic heterocycles. The molecule has 0 aromatic heterocycles. The number of rotatable bonds is 2. The van der Waals surface area contributed by atoms with Crippen LogP contribution in [0, 0.1) is 6.92 Å². The summed E-state index contributed by atoms with van der Waals surface area (Å²) in [5.41, 5.74) is 2.26. The molecule has 74 valence electrons. The van der Waals surface area contributed by atoms with Crippen molar-refractivity contribution in [3.05, 3.63) is 33.8 Å². The molecule has 14 heavy (non-hydrogen) atoms. The molecule has 2 nitrogen and oxygen atoms in total. The summed E-state index contributed by atoms with van der Waals surface area (Å²) < 4.78 is 0. The number of benzene rings is 1. The van der Waals surface area contributed by atoms with Crippen molar-refractivity contribution >= 4 is 17.6 Å². The highest BCUT2D eigenvalue weighted by Crippen LogP contribution is 2.42. The van der Waals surface area contributed by atoms with Crippen molar-refractivity contribution in [1.29, 1.82) is 0 Å². The van der Waals surface area contributed by atoms with Crippen LogP contribution in [0.3, 0.4) is 0 Å². The minimum absolute atomic E-state index is 0.364. The Morgan fingerprint density at radius 2 is 2.14 bits per heavy atom. The first-order chi connectivity index (χ1) is 6.59. The molecule has 0 saturated heterocycles. The summed E-state index contributed by atoms with van der Waals surface area (Å²) in [6.45, 7) is 1.90. The predicted octanol–water partition coefficient (Wildman–Crippen LogP) is 3.22. The standard InChI is InChI=1S/C11H11ClO2/c1-6-4-8(7-2-3-7)9(11(13)14)5-10(6)12/h4-5,7H,2-3H2,1H3,(H,13,14). The number of carboxylic acids is 1. The van der Waals surface area contributed by atoms with Crippen molar-refractivity contribution in [1.82, 2.24) is 0 Å². The molecule has 3 heteroatoms. The van der Waals surface area contributed by atoms with Crippen molar-refractivity contribution in [3.8, 4) is 0 Å². The van der Waals surface area contributed by atoms with E-state index in [2.05, 4.69) is 0 Å². The Hall–Kier alpha value is -1.02. The number of halogens is 1. The maximum absolute atomic E-state index is 11.0. The van der Waals surface area contributed by atoms with E-state index in [9.17, 15) is 4.79 Å². The Kier molecular flexibility index (Phi) is 2.23. The Morgan fingerprint density at radius 1 is 1.50 bits per heavy atom. The lowest BCUT2D eigenvalue weighted by Gasteiger charge is -2.07. The van der Waals surface area contributed by atoms with Gasteiger partial charge in [0.1, 0.15) is 0 Å². The number of aromatic carboxylic acids is 1. The van der Waals surface area contributed by atoms with Gasteiger partial charge in [-0.05, 0) is 42.9 Å². The highest BCUT2D eigenvalue weighted by atomic mass is 35.5. The van der Waals surface area contributed by atoms with Crippen molar-refractivity contribution in [2.75, 3.05) is 0 Å². The molecule has 1 aliphatic rings. The zero-order chi connectivity index (χ0) is 10.3. The fourth-order valence-corrected chi connectivity index (χ4v) is 1.78. The third-order valence-corrected chi connectivity index (χ3v) is 2.99. The van der Waals surface area contributed by atoms with Crippen LogP contribution in [-0.4, -0.2) is 11.1 Å². The smallest absolute Gasteiger partial charge is 0.336 e. The normalized spacial score (nSPS) is 15.6. The SMILES string of the molecule is Cc1cc(C2CC2)c(C(=O)O)cc1Cl. The van der Waals surface area contributed by atoms with Gasteiger partial charge in [-0.1, -0.05) is 17.7 Å².